The maximum atomic E-state index is 13.2. The van der Waals surface area contributed by atoms with Gasteiger partial charge in [0.25, 0.3) is 5.91 Å². The van der Waals surface area contributed by atoms with Gasteiger partial charge in [-0.3, -0.25) is 9.59 Å². The van der Waals surface area contributed by atoms with Crippen LogP contribution in [0.3, 0.4) is 0 Å². The largest absolute Gasteiger partial charge is 0.512 e. The second kappa shape index (κ2) is 11.6. The van der Waals surface area contributed by atoms with Crippen molar-refractivity contribution in [2.24, 2.45) is 10.7 Å². The van der Waals surface area contributed by atoms with Gasteiger partial charge in [-0.15, -0.1) is 0 Å². The summed E-state index contributed by atoms with van der Waals surface area (Å²) in [5.74, 6) is -2.04. The van der Waals surface area contributed by atoms with Crippen molar-refractivity contribution in [1.29, 1.82) is 0 Å². The maximum absolute atomic E-state index is 13.2. The van der Waals surface area contributed by atoms with E-state index in [2.05, 4.69) is 4.99 Å². The molecular formula is C24H28N2O4. The van der Waals surface area contributed by atoms with Crippen LogP contribution in [0.25, 0.3) is 0 Å². The van der Waals surface area contributed by atoms with Crippen molar-refractivity contribution < 1.29 is 19.4 Å². The van der Waals surface area contributed by atoms with Crippen LogP contribution in [0.2, 0.25) is 0 Å². The molecule has 0 aliphatic carbocycles. The standard InChI is InChI=1S/C24H28N2O4/c1-3-4-15-20(23(28)26-21(25)16-17(2)27)30-24(29)22(18-11-7-5-8-12-18)19-13-9-6-10-14-19/h5-14,16,20,22,27H,3-4,15H2,1-2H3,(H2,25,26,28)/b17-16-. The van der Waals surface area contributed by atoms with Crippen LogP contribution in [-0.2, 0) is 14.3 Å². The van der Waals surface area contributed by atoms with E-state index in [0.29, 0.717) is 12.8 Å². The topological polar surface area (TPSA) is 102 Å². The molecule has 3 N–H and O–H groups in total. The van der Waals surface area contributed by atoms with E-state index in [1.807, 2.05) is 67.6 Å². The van der Waals surface area contributed by atoms with Crippen molar-refractivity contribution in [3.8, 4) is 0 Å². The number of unbranched alkanes of at least 4 members (excludes halogenated alkanes) is 1. The van der Waals surface area contributed by atoms with Crippen molar-refractivity contribution in [2.75, 3.05) is 0 Å². The van der Waals surface area contributed by atoms with Gasteiger partial charge in [0.2, 0.25) is 0 Å². The highest BCUT2D eigenvalue weighted by Gasteiger charge is 2.29. The Kier molecular flexibility index (Phi) is 8.81. The third-order valence-electron chi connectivity index (χ3n) is 4.45. The molecule has 0 aliphatic heterocycles. The zero-order chi connectivity index (χ0) is 21.9. The summed E-state index contributed by atoms with van der Waals surface area (Å²) in [6.07, 6.45) is 1.99. The number of nitrogens with two attached hydrogens (primary N) is 1. The summed E-state index contributed by atoms with van der Waals surface area (Å²) in [6.45, 7) is 3.40. The number of amidine groups is 1. The average Bonchev–Trinajstić information content (AvgIpc) is 2.72. The fraction of sp³-hybridized carbons (Fsp3) is 0.292. The highest BCUT2D eigenvalue weighted by atomic mass is 16.5. The van der Waals surface area contributed by atoms with Gasteiger partial charge in [-0.05, 0) is 30.9 Å². The van der Waals surface area contributed by atoms with Gasteiger partial charge < -0.3 is 15.6 Å². The molecule has 0 saturated carbocycles. The number of carbonyl (C=O) groups is 2. The number of aliphatic hydroxyl groups excluding tert-OH is 1. The number of carbonyl (C=O) groups excluding carboxylic acids is 2. The lowest BCUT2D eigenvalue weighted by Crippen LogP contribution is -2.30. The summed E-state index contributed by atoms with van der Waals surface area (Å²) in [7, 11) is 0. The van der Waals surface area contributed by atoms with Gasteiger partial charge in [-0.25, -0.2) is 0 Å². The Morgan fingerprint density at radius 3 is 2.07 bits per heavy atom. The first kappa shape index (κ1) is 22.9. The van der Waals surface area contributed by atoms with E-state index in [-0.39, 0.29) is 11.6 Å². The van der Waals surface area contributed by atoms with Crippen LogP contribution in [0.4, 0.5) is 0 Å². The molecular weight excluding hydrogens is 380 g/mol. The monoisotopic (exact) mass is 408 g/mol. The summed E-state index contributed by atoms with van der Waals surface area (Å²) >= 11 is 0. The molecule has 0 bridgehead atoms. The van der Waals surface area contributed by atoms with Gasteiger partial charge in [0.15, 0.2) is 6.10 Å². The molecule has 0 heterocycles. The smallest absolute Gasteiger partial charge is 0.318 e. The van der Waals surface area contributed by atoms with Crippen LogP contribution in [0, 0.1) is 0 Å². The van der Waals surface area contributed by atoms with Crippen LogP contribution in [0.5, 0.6) is 0 Å². The number of aliphatic hydroxyl groups is 1. The number of benzene rings is 2. The third kappa shape index (κ3) is 6.88. The predicted molar refractivity (Wildman–Crippen MR) is 117 cm³/mol. The summed E-state index contributed by atoms with van der Waals surface area (Å²) in [5, 5.41) is 9.29. The molecule has 30 heavy (non-hydrogen) atoms. The van der Waals surface area contributed by atoms with Crippen LogP contribution in [0.1, 0.15) is 50.2 Å². The van der Waals surface area contributed by atoms with Gasteiger partial charge in [0.05, 0.1) is 5.76 Å². The van der Waals surface area contributed by atoms with E-state index < -0.39 is 23.9 Å². The third-order valence-corrected chi connectivity index (χ3v) is 4.45. The Morgan fingerprint density at radius 1 is 1.07 bits per heavy atom. The van der Waals surface area contributed by atoms with E-state index >= 15 is 0 Å². The lowest BCUT2D eigenvalue weighted by Gasteiger charge is -2.21. The number of aliphatic imine (C=N–C) groups is 1. The summed E-state index contributed by atoms with van der Waals surface area (Å²) < 4.78 is 5.66. The summed E-state index contributed by atoms with van der Waals surface area (Å²) in [6, 6.07) is 18.6. The zero-order valence-corrected chi connectivity index (χ0v) is 17.3. The molecule has 2 aromatic carbocycles. The van der Waals surface area contributed by atoms with Crippen molar-refractivity contribution in [2.45, 2.75) is 45.1 Å². The fourth-order valence-corrected chi connectivity index (χ4v) is 3.03. The molecule has 0 spiro atoms. The normalized spacial score (nSPS) is 13.2. The molecule has 0 radical (unpaired) electrons. The molecule has 1 atom stereocenters. The second-order valence-corrected chi connectivity index (χ2v) is 6.98. The maximum Gasteiger partial charge on any atom is 0.318 e. The van der Waals surface area contributed by atoms with Gasteiger partial charge in [-0.1, -0.05) is 74.0 Å². The Labute approximate surface area is 177 Å². The molecule has 6 heteroatoms. The quantitative estimate of drug-likeness (QED) is 0.279. The number of rotatable bonds is 9. The van der Waals surface area contributed by atoms with Crippen molar-refractivity contribution in [3.63, 3.8) is 0 Å². The first-order valence-electron chi connectivity index (χ1n) is 9.98. The minimum absolute atomic E-state index is 0.0700. The Morgan fingerprint density at radius 2 is 1.60 bits per heavy atom. The average molecular weight is 408 g/mol. The number of hydrogen-bond donors (Lipinski definition) is 2. The molecule has 1 amide bonds. The minimum Gasteiger partial charge on any atom is -0.512 e. The lowest BCUT2D eigenvalue weighted by molar-refractivity contribution is -0.155. The van der Waals surface area contributed by atoms with E-state index in [1.165, 1.54) is 13.0 Å². The molecule has 0 aliphatic rings. The number of nitrogens with zero attached hydrogens (tertiary/aromatic N) is 1. The highest BCUT2D eigenvalue weighted by Crippen LogP contribution is 2.27. The Hall–Kier alpha value is -3.41. The van der Waals surface area contributed by atoms with Crippen molar-refractivity contribution in [1.82, 2.24) is 0 Å². The molecule has 6 nitrogen and oxygen atoms in total. The molecule has 1 unspecified atom stereocenters. The second-order valence-electron chi connectivity index (χ2n) is 6.98. The molecule has 158 valence electrons. The van der Waals surface area contributed by atoms with Crippen molar-refractivity contribution >= 4 is 17.7 Å². The van der Waals surface area contributed by atoms with Crippen molar-refractivity contribution in [3.05, 3.63) is 83.6 Å². The molecule has 0 saturated heterocycles. The fourth-order valence-electron chi connectivity index (χ4n) is 3.03. The number of allylic oxidation sites excluding steroid dienone is 1. The van der Waals surface area contributed by atoms with E-state index in [1.54, 1.807) is 0 Å². The Bertz CT molecular complexity index is 848. The molecule has 0 fully saturated rings. The number of esters is 1. The van der Waals surface area contributed by atoms with E-state index in [4.69, 9.17) is 10.5 Å². The summed E-state index contributed by atoms with van der Waals surface area (Å²) in [4.78, 5) is 29.6. The summed E-state index contributed by atoms with van der Waals surface area (Å²) in [5.41, 5.74) is 7.22. The molecule has 2 aromatic rings. The highest BCUT2D eigenvalue weighted by molar-refractivity contribution is 6.01. The SMILES string of the molecule is CCCCC(OC(=O)C(c1ccccc1)c1ccccc1)C(=O)N=C(N)/C=C(/C)O. The van der Waals surface area contributed by atoms with Gasteiger partial charge >= 0.3 is 5.97 Å². The lowest BCUT2D eigenvalue weighted by atomic mass is 9.91. The van der Waals surface area contributed by atoms with Crippen LogP contribution < -0.4 is 5.73 Å². The predicted octanol–water partition coefficient (Wildman–Crippen LogP) is 4.27. The van der Waals surface area contributed by atoms with Crippen LogP contribution in [0.15, 0.2) is 77.5 Å². The van der Waals surface area contributed by atoms with Crippen LogP contribution in [-0.4, -0.2) is 28.9 Å². The first-order valence-corrected chi connectivity index (χ1v) is 9.98. The van der Waals surface area contributed by atoms with E-state index in [9.17, 15) is 14.7 Å². The van der Waals surface area contributed by atoms with Gasteiger partial charge in [0.1, 0.15) is 11.8 Å². The number of amides is 1. The molecule has 2 rings (SSSR count). The van der Waals surface area contributed by atoms with E-state index in [0.717, 1.165) is 17.5 Å². The van der Waals surface area contributed by atoms with Gasteiger partial charge in [0, 0.05) is 6.08 Å². The Balaban J connectivity index is 2.31. The number of hydrogen-bond acceptors (Lipinski definition) is 4. The molecule has 0 aromatic heterocycles. The first-order chi connectivity index (χ1) is 14.4. The number of ether oxygens (including phenoxy) is 1. The van der Waals surface area contributed by atoms with Crippen LogP contribution >= 0.6 is 0 Å². The minimum atomic E-state index is -1.04. The van der Waals surface area contributed by atoms with Gasteiger partial charge in [-0.2, -0.15) is 4.99 Å². The zero-order valence-electron chi connectivity index (χ0n) is 17.3.